The Balaban J connectivity index is 1.85. The number of nitrogen functional groups attached to an aromatic ring is 1. The standard InChI is InChI=1S/C20H21ClF2N4O2/c1-10-3-4-16(12-6-14(21)17(23)15(22)7-12)27(9-10)20(29)19(28)26-13-5-11(2)18(24)25-8-13/h5-8,10,16H,3-4,9H2,1-2H3,(H2,24,25)(H,26,28)/t10-,16+/m0/s1. The highest BCUT2D eigenvalue weighted by molar-refractivity contribution is 6.39. The molecule has 0 saturated carbocycles. The third kappa shape index (κ3) is 4.48. The zero-order chi connectivity index (χ0) is 21.3. The minimum atomic E-state index is -1.14. The van der Waals surface area contributed by atoms with Gasteiger partial charge in [-0.1, -0.05) is 18.5 Å². The zero-order valence-corrected chi connectivity index (χ0v) is 16.8. The number of piperidine rings is 1. The molecule has 0 unspecified atom stereocenters. The molecular weight excluding hydrogens is 402 g/mol. The number of nitrogens with one attached hydrogen (secondary N) is 1. The summed E-state index contributed by atoms with van der Waals surface area (Å²) in [4.78, 5) is 30.8. The summed E-state index contributed by atoms with van der Waals surface area (Å²) in [5.74, 6) is -3.35. The number of aromatic nitrogens is 1. The maximum absolute atomic E-state index is 13.9. The molecular formula is C20H21ClF2N4O2. The molecule has 2 heterocycles. The van der Waals surface area contributed by atoms with Gasteiger partial charge in [0.25, 0.3) is 0 Å². The largest absolute Gasteiger partial charge is 0.383 e. The minimum absolute atomic E-state index is 0.157. The number of carbonyl (C=O) groups is 2. The van der Waals surface area contributed by atoms with E-state index in [1.807, 2.05) is 6.92 Å². The van der Waals surface area contributed by atoms with Gasteiger partial charge in [0.2, 0.25) is 0 Å². The van der Waals surface area contributed by atoms with Crippen LogP contribution in [-0.2, 0) is 9.59 Å². The molecule has 1 fully saturated rings. The molecule has 0 spiro atoms. The van der Waals surface area contributed by atoms with Gasteiger partial charge in [-0.3, -0.25) is 9.59 Å². The fraction of sp³-hybridized carbons (Fsp3) is 0.350. The van der Waals surface area contributed by atoms with Crippen molar-refractivity contribution in [3.05, 3.63) is 52.2 Å². The Bertz CT molecular complexity index is 946. The first kappa shape index (κ1) is 21.0. The number of amides is 2. The number of pyridine rings is 1. The van der Waals surface area contributed by atoms with Crippen molar-refractivity contribution in [3.63, 3.8) is 0 Å². The number of carbonyl (C=O) groups excluding carboxylic acids is 2. The van der Waals surface area contributed by atoms with Crippen LogP contribution in [0.5, 0.6) is 0 Å². The first-order valence-corrected chi connectivity index (χ1v) is 9.53. The van der Waals surface area contributed by atoms with E-state index in [9.17, 15) is 18.4 Å². The second kappa shape index (κ2) is 8.32. The van der Waals surface area contributed by atoms with Crippen LogP contribution >= 0.6 is 11.6 Å². The molecule has 2 amide bonds. The van der Waals surface area contributed by atoms with Crippen molar-refractivity contribution in [1.82, 2.24) is 9.88 Å². The van der Waals surface area contributed by atoms with Crippen molar-refractivity contribution in [2.45, 2.75) is 32.7 Å². The lowest BCUT2D eigenvalue weighted by Gasteiger charge is -2.38. The van der Waals surface area contributed by atoms with Gasteiger partial charge >= 0.3 is 11.8 Å². The van der Waals surface area contributed by atoms with Crippen LogP contribution < -0.4 is 11.1 Å². The summed E-state index contributed by atoms with van der Waals surface area (Å²) in [6.07, 6.45) is 2.64. The van der Waals surface area contributed by atoms with E-state index in [1.165, 1.54) is 17.2 Å². The van der Waals surface area contributed by atoms with E-state index in [4.69, 9.17) is 17.3 Å². The molecule has 2 atom stereocenters. The summed E-state index contributed by atoms with van der Waals surface area (Å²) in [6.45, 7) is 4.00. The van der Waals surface area contributed by atoms with Gasteiger partial charge in [-0.05, 0) is 55.0 Å². The number of hydrogen-bond acceptors (Lipinski definition) is 4. The summed E-state index contributed by atoms with van der Waals surface area (Å²) < 4.78 is 27.4. The number of anilines is 2. The molecule has 2 aromatic rings. The molecule has 3 N–H and O–H groups in total. The first-order chi connectivity index (χ1) is 13.7. The van der Waals surface area contributed by atoms with Crippen LogP contribution in [0.1, 0.15) is 36.9 Å². The third-order valence-electron chi connectivity index (χ3n) is 5.04. The summed E-state index contributed by atoms with van der Waals surface area (Å²) in [7, 11) is 0. The average Bonchev–Trinajstić information content (AvgIpc) is 2.67. The van der Waals surface area contributed by atoms with Gasteiger partial charge in [0.05, 0.1) is 22.9 Å². The normalized spacial score (nSPS) is 19.1. The van der Waals surface area contributed by atoms with Crippen LogP contribution in [0, 0.1) is 24.5 Å². The van der Waals surface area contributed by atoms with Crippen LogP contribution in [0.4, 0.5) is 20.3 Å². The Labute approximate surface area is 172 Å². The van der Waals surface area contributed by atoms with Crippen molar-refractivity contribution >= 4 is 34.9 Å². The summed E-state index contributed by atoms with van der Waals surface area (Å²) in [5.41, 5.74) is 7.02. The molecule has 3 rings (SSSR count). The fourth-order valence-electron chi connectivity index (χ4n) is 3.46. The van der Waals surface area contributed by atoms with Gasteiger partial charge in [-0.2, -0.15) is 0 Å². The van der Waals surface area contributed by atoms with Gasteiger partial charge in [0.15, 0.2) is 11.6 Å². The number of aryl methyl sites for hydroxylation is 1. The Morgan fingerprint density at radius 1 is 1.28 bits per heavy atom. The monoisotopic (exact) mass is 422 g/mol. The van der Waals surface area contributed by atoms with Gasteiger partial charge < -0.3 is 16.0 Å². The number of hydrogen-bond donors (Lipinski definition) is 2. The molecule has 1 aromatic carbocycles. The van der Waals surface area contributed by atoms with E-state index in [1.54, 1.807) is 13.0 Å². The second-order valence-electron chi connectivity index (χ2n) is 7.33. The lowest BCUT2D eigenvalue weighted by atomic mass is 9.89. The van der Waals surface area contributed by atoms with Crippen molar-refractivity contribution < 1.29 is 18.4 Å². The van der Waals surface area contributed by atoms with Crippen LogP contribution in [0.3, 0.4) is 0 Å². The van der Waals surface area contributed by atoms with Gasteiger partial charge in [0, 0.05) is 6.54 Å². The molecule has 0 aliphatic carbocycles. The summed E-state index contributed by atoms with van der Waals surface area (Å²) in [5, 5.41) is 2.16. The molecule has 0 bridgehead atoms. The molecule has 1 aliphatic heterocycles. The molecule has 1 aliphatic rings. The summed E-state index contributed by atoms with van der Waals surface area (Å²) >= 11 is 5.78. The van der Waals surface area contributed by atoms with Gasteiger partial charge in [0.1, 0.15) is 5.82 Å². The van der Waals surface area contributed by atoms with Gasteiger partial charge in [-0.15, -0.1) is 0 Å². The predicted octanol–water partition coefficient (Wildman–Crippen LogP) is 3.84. The Kier molecular flexibility index (Phi) is 6.02. The van der Waals surface area contributed by atoms with Crippen LogP contribution in [-0.4, -0.2) is 28.2 Å². The summed E-state index contributed by atoms with van der Waals surface area (Å²) in [6, 6.07) is 3.35. The zero-order valence-electron chi connectivity index (χ0n) is 16.0. The van der Waals surface area contributed by atoms with E-state index in [0.717, 1.165) is 12.5 Å². The van der Waals surface area contributed by atoms with E-state index >= 15 is 0 Å². The molecule has 1 saturated heterocycles. The van der Waals surface area contributed by atoms with Crippen molar-refractivity contribution in [3.8, 4) is 0 Å². The van der Waals surface area contributed by atoms with Gasteiger partial charge in [-0.25, -0.2) is 13.8 Å². The first-order valence-electron chi connectivity index (χ1n) is 9.16. The van der Waals surface area contributed by atoms with E-state index in [2.05, 4.69) is 10.3 Å². The Morgan fingerprint density at radius 3 is 2.66 bits per heavy atom. The Morgan fingerprint density at radius 2 is 2.00 bits per heavy atom. The van der Waals surface area contributed by atoms with Crippen LogP contribution in [0.25, 0.3) is 0 Å². The predicted molar refractivity (Wildman–Crippen MR) is 106 cm³/mol. The molecule has 29 heavy (non-hydrogen) atoms. The number of nitrogens with two attached hydrogens (primary N) is 1. The molecule has 1 aromatic heterocycles. The quantitative estimate of drug-likeness (QED) is 0.568. The maximum atomic E-state index is 13.9. The number of rotatable bonds is 2. The smallest absolute Gasteiger partial charge is 0.313 e. The van der Waals surface area contributed by atoms with Crippen molar-refractivity contribution in [2.75, 3.05) is 17.6 Å². The molecule has 0 radical (unpaired) electrons. The fourth-order valence-corrected chi connectivity index (χ4v) is 3.68. The van der Waals surface area contributed by atoms with Crippen molar-refractivity contribution in [1.29, 1.82) is 0 Å². The highest BCUT2D eigenvalue weighted by atomic mass is 35.5. The Hall–Kier alpha value is -2.74. The topological polar surface area (TPSA) is 88.3 Å². The number of nitrogens with zero attached hydrogens (tertiary/aromatic N) is 2. The second-order valence-corrected chi connectivity index (χ2v) is 7.74. The highest BCUT2D eigenvalue weighted by Crippen LogP contribution is 2.35. The average molecular weight is 423 g/mol. The number of halogens is 3. The highest BCUT2D eigenvalue weighted by Gasteiger charge is 2.35. The van der Waals surface area contributed by atoms with E-state index < -0.39 is 29.5 Å². The lowest BCUT2D eigenvalue weighted by molar-refractivity contribution is -0.146. The molecule has 9 heteroatoms. The van der Waals surface area contributed by atoms with E-state index in [0.29, 0.717) is 35.6 Å². The van der Waals surface area contributed by atoms with E-state index in [-0.39, 0.29) is 10.9 Å². The van der Waals surface area contributed by atoms with Crippen molar-refractivity contribution in [2.24, 2.45) is 5.92 Å². The molecule has 6 nitrogen and oxygen atoms in total. The third-order valence-corrected chi connectivity index (χ3v) is 5.32. The lowest BCUT2D eigenvalue weighted by Crippen LogP contribution is -2.46. The molecule has 154 valence electrons. The van der Waals surface area contributed by atoms with Crippen LogP contribution in [0.2, 0.25) is 5.02 Å². The minimum Gasteiger partial charge on any atom is -0.383 e. The van der Waals surface area contributed by atoms with Crippen LogP contribution in [0.15, 0.2) is 24.4 Å². The maximum Gasteiger partial charge on any atom is 0.313 e. The number of likely N-dealkylation sites (tertiary alicyclic amines) is 1. The SMILES string of the molecule is Cc1cc(NC(=O)C(=O)N2C[C@@H](C)CC[C@@H]2c2cc(F)c(F)c(Cl)c2)cnc1N. The number of benzene rings is 1.